The molecule has 0 aromatic heterocycles. The second kappa shape index (κ2) is 6.43. The fourth-order valence-corrected chi connectivity index (χ4v) is 3.25. The van der Waals surface area contributed by atoms with Gasteiger partial charge in [0.05, 0.1) is 12.5 Å². The van der Waals surface area contributed by atoms with E-state index in [4.69, 9.17) is 9.84 Å². The molecule has 0 bridgehead atoms. The standard InChI is InChI=1S/C14H24N2O4/c1-10-6-16(8-12(10)13(17)18)14(19)15-5-3-4-11(7-15)9-20-2/h10-12H,3-9H2,1-2H3,(H,17,18)/t10-,11?,12-/m1/s1. The zero-order valence-corrected chi connectivity index (χ0v) is 12.2. The Bertz CT molecular complexity index is 372. The Hall–Kier alpha value is -1.30. The maximum Gasteiger partial charge on any atom is 0.320 e. The van der Waals surface area contributed by atoms with Gasteiger partial charge in [-0.15, -0.1) is 0 Å². The summed E-state index contributed by atoms with van der Waals surface area (Å²) in [5, 5.41) is 9.14. The van der Waals surface area contributed by atoms with E-state index in [1.54, 1.807) is 12.0 Å². The zero-order valence-electron chi connectivity index (χ0n) is 12.2. The second-order valence-corrected chi connectivity index (χ2v) is 6.02. The first-order valence-electron chi connectivity index (χ1n) is 7.28. The van der Waals surface area contributed by atoms with Crippen molar-refractivity contribution in [2.24, 2.45) is 17.8 Å². The van der Waals surface area contributed by atoms with E-state index in [1.165, 1.54) is 0 Å². The summed E-state index contributed by atoms with van der Waals surface area (Å²) in [6, 6.07) is -0.0126. The van der Waals surface area contributed by atoms with E-state index < -0.39 is 11.9 Å². The molecule has 0 aromatic carbocycles. The van der Waals surface area contributed by atoms with Crippen LogP contribution in [-0.2, 0) is 9.53 Å². The molecule has 6 nitrogen and oxygen atoms in total. The highest BCUT2D eigenvalue weighted by Crippen LogP contribution is 2.26. The highest BCUT2D eigenvalue weighted by molar-refractivity contribution is 5.77. The quantitative estimate of drug-likeness (QED) is 0.843. The third kappa shape index (κ3) is 3.23. The minimum absolute atomic E-state index is 0.0126. The lowest BCUT2D eigenvalue weighted by atomic mass is 9.99. The molecule has 0 saturated carbocycles. The lowest BCUT2D eigenvalue weighted by Crippen LogP contribution is -2.47. The first-order valence-corrected chi connectivity index (χ1v) is 7.28. The van der Waals surface area contributed by atoms with Crippen molar-refractivity contribution in [2.45, 2.75) is 19.8 Å². The van der Waals surface area contributed by atoms with Gasteiger partial charge in [0.15, 0.2) is 0 Å². The van der Waals surface area contributed by atoms with E-state index in [2.05, 4.69) is 0 Å². The van der Waals surface area contributed by atoms with E-state index >= 15 is 0 Å². The summed E-state index contributed by atoms with van der Waals surface area (Å²) in [7, 11) is 1.68. The normalized spacial score (nSPS) is 30.6. The van der Waals surface area contributed by atoms with Gasteiger partial charge in [-0.05, 0) is 18.8 Å². The molecule has 2 aliphatic rings. The number of urea groups is 1. The molecule has 0 aliphatic carbocycles. The molecule has 0 radical (unpaired) electrons. The van der Waals surface area contributed by atoms with Gasteiger partial charge in [-0.2, -0.15) is 0 Å². The van der Waals surface area contributed by atoms with Crippen LogP contribution in [0.3, 0.4) is 0 Å². The van der Waals surface area contributed by atoms with Gasteiger partial charge < -0.3 is 19.6 Å². The van der Waals surface area contributed by atoms with Crippen LogP contribution >= 0.6 is 0 Å². The molecule has 2 heterocycles. The Balaban J connectivity index is 1.93. The highest BCUT2D eigenvalue weighted by Gasteiger charge is 2.39. The molecule has 3 atom stereocenters. The van der Waals surface area contributed by atoms with Gasteiger partial charge in [-0.1, -0.05) is 6.92 Å². The predicted molar refractivity (Wildman–Crippen MR) is 73.4 cm³/mol. The van der Waals surface area contributed by atoms with Crippen molar-refractivity contribution in [2.75, 3.05) is 39.9 Å². The number of methoxy groups -OCH3 is 1. The van der Waals surface area contributed by atoms with Crippen LogP contribution in [0.2, 0.25) is 0 Å². The molecule has 1 N–H and O–H groups in total. The molecule has 6 heteroatoms. The minimum atomic E-state index is -0.802. The number of carboxylic acid groups (broad SMARTS) is 1. The number of hydrogen-bond acceptors (Lipinski definition) is 3. The van der Waals surface area contributed by atoms with Crippen molar-refractivity contribution in [3.63, 3.8) is 0 Å². The Morgan fingerprint density at radius 3 is 2.60 bits per heavy atom. The summed E-state index contributed by atoms with van der Waals surface area (Å²) in [6.45, 7) is 4.94. The lowest BCUT2D eigenvalue weighted by Gasteiger charge is -2.35. The smallest absolute Gasteiger partial charge is 0.320 e. The molecule has 1 unspecified atom stereocenters. The van der Waals surface area contributed by atoms with Crippen LogP contribution in [0.15, 0.2) is 0 Å². The summed E-state index contributed by atoms with van der Waals surface area (Å²) in [4.78, 5) is 27.2. The average Bonchev–Trinajstić information content (AvgIpc) is 2.81. The minimum Gasteiger partial charge on any atom is -0.481 e. The van der Waals surface area contributed by atoms with Crippen LogP contribution in [0.1, 0.15) is 19.8 Å². The summed E-state index contributed by atoms with van der Waals surface area (Å²) < 4.78 is 5.17. The van der Waals surface area contributed by atoms with E-state index in [9.17, 15) is 9.59 Å². The molecule has 2 fully saturated rings. The van der Waals surface area contributed by atoms with Gasteiger partial charge in [-0.3, -0.25) is 4.79 Å². The van der Waals surface area contributed by atoms with E-state index in [0.717, 1.165) is 25.9 Å². The summed E-state index contributed by atoms with van der Waals surface area (Å²) in [5.74, 6) is -0.814. The number of hydrogen-bond donors (Lipinski definition) is 1. The van der Waals surface area contributed by atoms with Gasteiger partial charge in [-0.25, -0.2) is 4.79 Å². The number of ether oxygens (including phenoxy) is 1. The predicted octanol–water partition coefficient (Wildman–Crippen LogP) is 1.12. The highest BCUT2D eigenvalue weighted by atomic mass is 16.5. The number of amides is 2. The number of nitrogens with zero attached hydrogens (tertiary/aromatic N) is 2. The molecular weight excluding hydrogens is 260 g/mol. The molecule has 2 rings (SSSR count). The molecule has 114 valence electrons. The van der Waals surface area contributed by atoms with Gasteiger partial charge in [0.2, 0.25) is 0 Å². The molecule has 0 aromatic rings. The summed E-state index contributed by atoms with van der Waals surface area (Å²) >= 11 is 0. The number of aliphatic carboxylic acids is 1. The number of rotatable bonds is 3. The van der Waals surface area contributed by atoms with Gasteiger partial charge in [0.1, 0.15) is 0 Å². The van der Waals surface area contributed by atoms with Gasteiger partial charge >= 0.3 is 12.0 Å². The van der Waals surface area contributed by atoms with E-state index in [0.29, 0.717) is 25.6 Å². The monoisotopic (exact) mass is 284 g/mol. The number of likely N-dealkylation sites (tertiary alicyclic amines) is 2. The van der Waals surface area contributed by atoms with Crippen molar-refractivity contribution in [1.29, 1.82) is 0 Å². The first kappa shape index (κ1) is 15.1. The van der Waals surface area contributed by atoms with Gasteiger partial charge in [0, 0.05) is 39.2 Å². The Labute approximate surface area is 119 Å². The maximum absolute atomic E-state index is 12.5. The molecule has 2 saturated heterocycles. The third-order valence-corrected chi connectivity index (χ3v) is 4.39. The Morgan fingerprint density at radius 1 is 1.25 bits per heavy atom. The first-order chi connectivity index (χ1) is 9.52. The number of carbonyl (C=O) groups is 2. The molecule has 0 spiro atoms. The summed E-state index contributed by atoms with van der Waals surface area (Å²) in [5.41, 5.74) is 0. The topological polar surface area (TPSA) is 70.1 Å². The van der Waals surface area contributed by atoms with Crippen LogP contribution in [0.25, 0.3) is 0 Å². The van der Waals surface area contributed by atoms with Crippen molar-refractivity contribution < 1.29 is 19.4 Å². The molecule has 20 heavy (non-hydrogen) atoms. The largest absolute Gasteiger partial charge is 0.481 e. The number of carbonyl (C=O) groups excluding carboxylic acids is 1. The summed E-state index contributed by atoms with van der Waals surface area (Å²) in [6.07, 6.45) is 2.08. The Kier molecular flexibility index (Phi) is 4.86. The van der Waals surface area contributed by atoms with Crippen molar-refractivity contribution >= 4 is 12.0 Å². The van der Waals surface area contributed by atoms with Gasteiger partial charge in [0.25, 0.3) is 0 Å². The van der Waals surface area contributed by atoms with Crippen LogP contribution in [0.5, 0.6) is 0 Å². The lowest BCUT2D eigenvalue weighted by molar-refractivity contribution is -0.142. The second-order valence-electron chi connectivity index (χ2n) is 6.02. The SMILES string of the molecule is COCC1CCCN(C(=O)N2C[C@@H](C)[C@H](C(=O)O)C2)C1. The van der Waals surface area contributed by atoms with Crippen molar-refractivity contribution in [1.82, 2.24) is 9.80 Å². The fourth-order valence-electron chi connectivity index (χ4n) is 3.25. The van der Waals surface area contributed by atoms with Crippen molar-refractivity contribution in [3.8, 4) is 0 Å². The maximum atomic E-state index is 12.5. The van der Waals surface area contributed by atoms with Crippen LogP contribution in [0.4, 0.5) is 4.79 Å². The van der Waals surface area contributed by atoms with E-state index in [1.807, 2.05) is 11.8 Å². The van der Waals surface area contributed by atoms with Crippen LogP contribution < -0.4 is 0 Å². The van der Waals surface area contributed by atoms with Crippen LogP contribution in [-0.4, -0.2) is 66.8 Å². The third-order valence-electron chi connectivity index (χ3n) is 4.39. The molecule has 2 aliphatic heterocycles. The van der Waals surface area contributed by atoms with E-state index in [-0.39, 0.29) is 11.9 Å². The molecule has 2 amide bonds. The fraction of sp³-hybridized carbons (Fsp3) is 0.857. The van der Waals surface area contributed by atoms with Crippen LogP contribution in [0, 0.1) is 17.8 Å². The average molecular weight is 284 g/mol. The zero-order chi connectivity index (χ0) is 14.7. The number of carboxylic acids is 1. The Morgan fingerprint density at radius 2 is 2.00 bits per heavy atom. The van der Waals surface area contributed by atoms with Crippen molar-refractivity contribution in [3.05, 3.63) is 0 Å². The molecular formula is C14H24N2O4. The number of piperidine rings is 1.